The fourth-order valence-electron chi connectivity index (χ4n) is 2.38. The van der Waals surface area contributed by atoms with Crippen LogP contribution in [-0.4, -0.2) is 35.9 Å². The molecule has 2 N–H and O–H groups in total. The highest BCUT2D eigenvalue weighted by Gasteiger charge is 2.40. The molecule has 0 aromatic carbocycles. The lowest BCUT2D eigenvalue weighted by Gasteiger charge is -2.19. The standard InChI is InChI=1S/C10H17NO3/c12-10(13)2-1-5-11-8-6-7-3-4-9(8)14-7/h7-9,11H,1-6H2,(H,12,13). The Labute approximate surface area is 83.6 Å². The van der Waals surface area contributed by atoms with Crippen molar-refractivity contribution in [3.05, 3.63) is 0 Å². The Hall–Kier alpha value is -0.610. The zero-order chi connectivity index (χ0) is 9.97. The van der Waals surface area contributed by atoms with E-state index < -0.39 is 5.97 Å². The van der Waals surface area contributed by atoms with Crippen LogP contribution in [0, 0.1) is 0 Å². The molecule has 14 heavy (non-hydrogen) atoms. The molecule has 2 aliphatic heterocycles. The molecular formula is C10H17NO3. The summed E-state index contributed by atoms with van der Waals surface area (Å²) in [6, 6.07) is 0.475. The Morgan fingerprint density at radius 2 is 2.36 bits per heavy atom. The van der Waals surface area contributed by atoms with Crippen LogP contribution in [0.15, 0.2) is 0 Å². The van der Waals surface area contributed by atoms with Crippen LogP contribution < -0.4 is 5.32 Å². The van der Waals surface area contributed by atoms with E-state index in [1.165, 1.54) is 12.8 Å². The summed E-state index contributed by atoms with van der Waals surface area (Å²) in [6.07, 6.45) is 5.32. The van der Waals surface area contributed by atoms with Crippen LogP contribution in [0.5, 0.6) is 0 Å². The van der Waals surface area contributed by atoms with Gasteiger partial charge in [0, 0.05) is 12.5 Å². The summed E-state index contributed by atoms with van der Waals surface area (Å²) < 4.78 is 5.68. The highest BCUT2D eigenvalue weighted by Crippen LogP contribution is 2.34. The molecule has 2 heterocycles. The van der Waals surface area contributed by atoms with E-state index in [-0.39, 0.29) is 6.42 Å². The van der Waals surface area contributed by atoms with Crippen LogP contribution in [-0.2, 0) is 9.53 Å². The number of hydrogen-bond acceptors (Lipinski definition) is 3. The number of carboxylic acid groups (broad SMARTS) is 1. The summed E-state index contributed by atoms with van der Waals surface area (Å²) in [4.78, 5) is 10.3. The molecule has 2 aliphatic rings. The molecule has 0 saturated carbocycles. The van der Waals surface area contributed by atoms with Crippen molar-refractivity contribution in [3.8, 4) is 0 Å². The lowest BCUT2D eigenvalue weighted by molar-refractivity contribution is -0.137. The van der Waals surface area contributed by atoms with Crippen molar-refractivity contribution < 1.29 is 14.6 Å². The van der Waals surface area contributed by atoms with Gasteiger partial charge in [0.25, 0.3) is 0 Å². The molecule has 0 radical (unpaired) electrons. The third-order valence-electron chi connectivity index (χ3n) is 3.08. The molecule has 3 unspecified atom stereocenters. The molecule has 2 saturated heterocycles. The van der Waals surface area contributed by atoms with Gasteiger partial charge in [0.2, 0.25) is 0 Å². The average Bonchev–Trinajstić information content (AvgIpc) is 2.73. The number of hydrogen-bond donors (Lipinski definition) is 2. The van der Waals surface area contributed by atoms with Crippen molar-refractivity contribution >= 4 is 5.97 Å². The lowest BCUT2D eigenvalue weighted by Crippen LogP contribution is -2.38. The van der Waals surface area contributed by atoms with Gasteiger partial charge in [-0.25, -0.2) is 0 Å². The van der Waals surface area contributed by atoms with Gasteiger partial charge < -0.3 is 15.2 Å². The normalized spacial score (nSPS) is 35.0. The molecule has 80 valence electrons. The molecule has 2 bridgehead atoms. The molecule has 2 rings (SSSR count). The summed E-state index contributed by atoms with van der Waals surface area (Å²) in [5.74, 6) is -0.712. The van der Waals surface area contributed by atoms with Crippen LogP contribution in [0.1, 0.15) is 32.1 Å². The Balaban J connectivity index is 1.60. The number of ether oxygens (including phenoxy) is 1. The van der Waals surface area contributed by atoms with Gasteiger partial charge in [-0.15, -0.1) is 0 Å². The van der Waals surface area contributed by atoms with E-state index in [0.29, 0.717) is 24.7 Å². The first-order chi connectivity index (χ1) is 6.75. The van der Waals surface area contributed by atoms with Gasteiger partial charge in [-0.1, -0.05) is 0 Å². The van der Waals surface area contributed by atoms with E-state index in [1.807, 2.05) is 0 Å². The van der Waals surface area contributed by atoms with Crippen LogP contribution in [0.25, 0.3) is 0 Å². The number of nitrogens with one attached hydrogen (secondary N) is 1. The van der Waals surface area contributed by atoms with Crippen molar-refractivity contribution in [2.45, 2.75) is 50.4 Å². The van der Waals surface area contributed by atoms with E-state index in [1.54, 1.807) is 0 Å². The molecule has 2 fully saturated rings. The van der Waals surface area contributed by atoms with Crippen molar-refractivity contribution in [3.63, 3.8) is 0 Å². The number of carboxylic acids is 1. The molecule has 0 amide bonds. The summed E-state index contributed by atoms with van der Waals surface area (Å²) in [5, 5.41) is 11.8. The van der Waals surface area contributed by atoms with Crippen LogP contribution in [0.3, 0.4) is 0 Å². The molecule has 4 heteroatoms. The van der Waals surface area contributed by atoms with Gasteiger partial charge >= 0.3 is 5.97 Å². The minimum atomic E-state index is -0.712. The molecule has 0 aromatic rings. The molecule has 4 nitrogen and oxygen atoms in total. The topological polar surface area (TPSA) is 58.6 Å². The summed E-state index contributed by atoms with van der Waals surface area (Å²) in [7, 11) is 0. The average molecular weight is 199 g/mol. The maximum absolute atomic E-state index is 10.3. The van der Waals surface area contributed by atoms with Gasteiger partial charge in [0.05, 0.1) is 12.2 Å². The Morgan fingerprint density at radius 3 is 2.93 bits per heavy atom. The highest BCUT2D eigenvalue weighted by atomic mass is 16.5. The smallest absolute Gasteiger partial charge is 0.303 e. The lowest BCUT2D eigenvalue weighted by atomic mass is 9.95. The second-order valence-electron chi connectivity index (χ2n) is 4.17. The predicted molar refractivity (Wildman–Crippen MR) is 51.2 cm³/mol. The summed E-state index contributed by atoms with van der Waals surface area (Å²) in [5.41, 5.74) is 0. The molecule has 0 spiro atoms. The third-order valence-corrected chi connectivity index (χ3v) is 3.08. The Morgan fingerprint density at radius 1 is 1.50 bits per heavy atom. The fraction of sp³-hybridized carbons (Fsp3) is 0.900. The number of aliphatic carboxylic acids is 1. The zero-order valence-corrected chi connectivity index (χ0v) is 8.24. The van der Waals surface area contributed by atoms with Crippen molar-refractivity contribution in [1.29, 1.82) is 0 Å². The fourth-order valence-corrected chi connectivity index (χ4v) is 2.38. The van der Waals surface area contributed by atoms with E-state index in [9.17, 15) is 4.79 Å². The number of carbonyl (C=O) groups is 1. The van der Waals surface area contributed by atoms with Crippen molar-refractivity contribution in [2.24, 2.45) is 0 Å². The Bertz CT molecular complexity index is 219. The van der Waals surface area contributed by atoms with Gasteiger partial charge in [-0.3, -0.25) is 4.79 Å². The van der Waals surface area contributed by atoms with Crippen molar-refractivity contribution in [2.75, 3.05) is 6.54 Å². The zero-order valence-electron chi connectivity index (χ0n) is 8.24. The number of rotatable bonds is 5. The van der Waals surface area contributed by atoms with Crippen molar-refractivity contribution in [1.82, 2.24) is 5.32 Å². The van der Waals surface area contributed by atoms with Crippen LogP contribution in [0.4, 0.5) is 0 Å². The molecule has 0 aromatic heterocycles. The van der Waals surface area contributed by atoms with Gasteiger partial charge in [0.1, 0.15) is 0 Å². The monoisotopic (exact) mass is 199 g/mol. The van der Waals surface area contributed by atoms with Gasteiger partial charge in [-0.2, -0.15) is 0 Å². The number of fused-ring (bicyclic) bond motifs is 2. The first-order valence-electron chi connectivity index (χ1n) is 5.36. The van der Waals surface area contributed by atoms with E-state index >= 15 is 0 Å². The Kier molecular flexibility index (Phi) is 3.03. The van der Waals surface area contributed by atoms with E-state index in [0.717, 1.165) is 13.0 Å². The third kappa shape index (κ3) is 2.25. The molecule has 3 atom stereocenters. The van der Waals surface area contributed by atoms with Crippen LogP contribution >= 0.6 is 0 Å². The maximum atomic E-state index is 10.3. The van der Waals surface area contributed by atoms with E-state index in [2.05, 4.69) is 5.32 Å². The van der Waals surface area contributed by atoms with E-state index in [4.69, 9.17) is 9.84 Å². The minimum Gasteiger partial charge on any atom is -0.481 e. The minimum absolute atomic E-state index is 0.259. The van der Waals surface area contributed by atoms with Crippen LogP contribution in [0.2, 0.25) is 0 Å². The second kappa shape index (κ2) is 4.28. The largest absolute Gasteiger partial charge is 0.481 e. The second-order valence-corrected chi connectivity index (χ2v) is 4.17. The first-order valence-corrected chi connectivity index (χ1v) is 5.36. The molecule has 0 aliphatic carbocycles. The maximum Gasteiger partial charge on any atom is 0.303 e. The van der Waals surface area contributed by atoms with Gasteiger partial charge in [-0.05, 0) is 32.2 Å². The summed E-state index contributed by atoms with van der Waals surface area (Å²) >= 11 is 0. The summed E-state index contributed by atoms with van der Waals surface area (Å²) in [6.45, 7) is 0.795. The predicted octanol–water partition coefficient (Wildman–Crippen LogP) is 0.761. The van der Waals surface area contributed by atoms with Gasteiger partial charge in [0.15, 0.2) is 0 Å². The molecular weight excluding hydrogens is 182 g/mol. The SMILES string of the molecule is O=C(O)CCCNC1CC2CCC1O2. The quantitative estimate of drug-likeness (QED) is 0.642. The highest BCUT2D eigenvalue weighted by molar-refractivity contribution is 5.66. The first kappa shape index (κ1) is 9.93.